The number of para-hydroxylation sites is 1. The summed E-state index contributed by atoms with van der Waals surface area (Å²) in [4.78, 5) is 13.6. The molecule has 0 atom stereocenters. The molecule has 1 saturated carbocycles. The predicted octanol–water partition coefficient (Wildman–Crippen LogP) is 5.90. The van der Waals surface area contributed by atoms with Gasteiger partial charge in [0.2, 0.25) is 4.80 Å². The van der Waals surface area contributed by atoms with E-state index in [1.807, 2.05) is 29.6 Å². The van der Waals surface area contributed by atoms with E-state index in [-0.39, 0.29) is 17.5 Å². The number of hydrogen-bond donors (Lipinski definition) is 0. The molecular weight excluding hydrogens is 425 g/mol. The van der Waals surface area contributed by atoms with Crippen molar-refractivity contribution in [3.63, 3.8) is 0 Å². The van der Waals surface area contributed by atoms with Crippen LogP contribution in [0.25, 0.3) is 22.2 Å². The lowest BCUT2D eigenvalue weighted by Gasteiger charge is -2.24. The minimum absolute atomic E-state index is 0.260. The van der Waals surface area contributed by atoms with Crippen molar-refractivity contribution in [2.24, 2.45) is 10.2 Å². The number of hydrogen-bond acceptors (Lipinski definition) is 5. The molecule has 2 aromatic carbocycles. The summed E-state index contributed by atoms with van der Waals surface area (Å²) < 4.78 is 20.9. The van der Waals surface area contributed by atoms with Gasteiger partial charge in [-0.3, -0.25) is 0 Å². The molecule has 1 aliphatic rings. The number of fused-ring (bicyclic) bond motifs is 1. The van der Waals surface area contributed by atoms with Crippen LogP contribution >= 0.6 is 11.3 Å². The number of nitrogens with zero attached hydrogens (tertiary/aromatic N) is 3. The number of thiazole rings is 1. The molecule has 2 heterocycles. The van der Waals surface area contributed by atoms with Crippen LogP contribution in [0, 0.1) is 5.82 Å². The van der Waals surface area contributed by atoms with Gasteiger partial charge in [0.05, 0.1) is 17.5 Å². The van der Waals surface area contributed by atoms with E-state index in [2.05, 4.69) is 14.8 Å². The highest BCUT2D eigenvalue weighted by atomic mass is 32.1. The minimum atomic E-state index is -0.354. The quantitative estimate of drug-likeness (QED) is 0.222. The topological polar surface area (TPSA) is 59.9 Å². The zero-order chi connectivity index (χ0) is 21.9. The zero-order valence-electron chi connectivity index (χ0n) is 17.4. The Morgan fingerprint density at radius 1 is 1.06 bits per heavy atom. The van der Waals surface area contributed by atoms with Crippen molar-refractivity contribution in [2.75, 3.05) is 0 Å². The third-order valence-corrected chi connectivity index (χ3v) is 6.65. The van der Waals surface area contributed by atoms with Gasteiger partial charge < -0.3 is 8.98 Å². The SMILES string of the molecule is O=c1oc2ccccc2cc1-c1cs/c(=N/N=C/c2ccc(F)cc2)n1C1CCCCC1. The smallest absolute Gasteiger partial charge is 0.345 e. The summed E-state index contributed by atoms with van der Waals surface area (Å²) >= 11 is 1.46. The predicted molar refractivity (Wildman–Crippen MR) is 125 cm³/mol. The van der Waals surface area contributed by atoms with Gasteiger partial charge in [0, 0.05) is 16.8 Å². The molecule has 1 aliphatic carbocycles. The first-order chi connectivity index (χ1) is 15.7. The first-order valence-corrected chi connectivity index (χ1v) is 11.6. The van der Waals surface area contributed by atoms with E-state index in [0.717, 1.165) is 47.1 Å². The van der Waals surface area contributed by atoms with Crippen molar-refractivity contribution >= 4 is 28.5 Å². The van der Waals surface area contributed by atoms with E-state index in [0.29, 0.717) is 11.1 Å². The molecule has 4 aromatic rings. The number of rotatable bonds is 4. The third kappa shape index (κ3) is 4.21. The third-order valence-electron chi connectivity index (χ3n) is 5.82. The van der Waals surface area contributed by atoms with Crippen LogP contribution < -0.4 is 10.4 Å². The molecule has 0 N–H and O–H groups in total. The molecule has 7 heteroatoms. The van der Waals surface area contributed by atoms with Gasteiger partial charge in [-0.1, -0.05) is 49.6 Å². The van der Waals surface area contributed by atoms with Crippen LogP contribution in [0.5, 0.6) is 0 Å². The molecule has 5 rings (SSSR count). The van der Waals surface area contributed by atoms with E-state index < -0.39 is 0 Å². The van der Waals surface area contributed by atoms with Crippen LogP contribution in [-0.2, 0) is 0 Å². The minimum Gasteiger partial charge on any atom is -0.422 e. The maximum Gasteiger partial charge on any atom is 0.345 e. The van der Waals surface area contributed by atoms with Crippen molar-refractivity contribution in [3.05, 3.63) is 86.6 Å². The molecule has 2 aromatic heterocycles. The van der Waals surface area contributed by atoms with Gasteiger partial charge in [0.25, 0.3) is 0 Å². The largest absolute Gasteiger partial charge is 0.422 e. The molecule has 0 radical (unpaired) electrons. The van der Waals surface area contributed by atoms with Gasteiger partial charge in [-0.25, -0.2) is 9.18 Å². The highest BCUT2D eigenvalue weighted by Crippen LogP contribution is 2.32. The Labute approximate surface area is 188 Å². The van der Waals surface area contributed by atoms with E-state index in [4.69, 9.17) is 4.42 Å². The second-order valence-corrected chi connectivity index (χ2v) is 8.78. The fourth-order valence-corrected chi connectivity index (χ4v) is 5.13. The molecule has 0 amide bonds. The summed E-state index contributed by atoms with van der Waals surface area (Å²) in [5.41, 5.74) is 2.35. The van der Waals surface area contributed by atoms with Crippen LogP contribution in [-0.4, -0.2) is 10.8 Å². The van der Waals surface area contributed by atoms with Crippen LogP contribution in [0.3, 0.4) is 0 Å². The van der Waals surface area contributed by atoms with Gasteiger partial charge >= 0.3 is 5.63 Å². The summed E-state index contributed by atoms with van der Waals surface area (Å²) in [6, 6.07) is 15.8. The van der Waals surface area contributed by atoms with Crippen molar-refractivity contribution < 1.29 is 8.81 Å². The van der Waals surface area contributed by atoms with Crippen molar-refractivity contribution in [3.8, 4) is 11.3 Å². The average Bonchev–Trinajstić information content (AvgIpc) is 3.24. The Balaban J connectivity index is 1.61. The lowest BCUT2D eigenvalue weighted by molar-refractivity contribution is 0.350. The molecule has 0 saturated heterocycles. The fraction of sp³-hybridized carbons (Fsp3) is 0.240. The number of aromatic nitrogens is 1. The summed E-state index contributed by atoms with van der Waals surface area (Å²) in [6.07, 6.45) is 7.21. The Hall–Kier alpha value is -3.32. The summed E-state index contributed by atoms with van der Waals surface area (Å²) in [6.45, 7) is 0. The van der Waals surface area contributed by atoms with Crippen molar-refractivity contribution in [1.29, 1.82) is 0 Å². The van der Waals surface area contributed by atoms with Gasteiger partial charge in [0.1, 0.15) is 11.4 Å². The maximum absolute atomic E-state index is 13.1. The van der Waals surface area contributed by atoms with Gasteiger partial charge in [-0.2, -0.15) is 5.10 Å². The first kappa shape index (κ1) is 20.6. The second kappa shape index (κ2) is 9.04. The Kier molecular flexibility index (Phi) is 5.81. The maximum atomic E-state index is 13.1. The van der Waals surface area contributed by atoms with Crippen molar-refractivity contribution in [1.82, 2.24) is 4.57 Å². The molecule has 0 unspecified atom stereocenters. The molecule has 162 valence electrons. The molecular formula is C25H22FN3O2S. The van der Waals surface area contributed by atoms with E-state index >= 15 is 0 Å². The molecule has 0 aliphatic heterocycles. The van der Waals surface area contributed by atoms with E-state index in [9.17, 15) is 9.18 Å². The van der Waals surface area contributed by atoms with Crippen LogP contribution in [0.1, 0.15) is 43.7 Å². The molecule has 0 bridgehead atoms. The molecule has 5 nitrogen and oxygen atoms in total. The lowest BCUT2D eigenvalue weighted by Crippen LogP contribution is -2.24. The zero-order valence-corrected chi connectivity index (χ0v) is 18.2. The fourth-order valence-electron chi connectivity index (χ4n) is 4.22. The van der Waals surface area contributed by atoms with E-state index in [1.165, 1.54) is 29.9 Å². The van der Waals surface area contributed by atoms with E-state index in [1.54, 1.807) is 24.4 Å². The van der Waals surface area contributed by atoms with Crippen molar-refractivity contribution in [2.45, 2.75) is 38.1 Å². The van der Waals surface area contributed by atoms with Crippen LogP contribution in [0.2, 0.25) is 0 Å². The normalized spacial score (nSPS) is 15.7. The Bertz CT molecular complexity index is 1390. The van der Waals surface area contributed by atoms with Crippen LogP contribution in [0.15, 0.2) is 79.4 Å². The first-order valence-electron chi connectivity index (χ1n) is 10.7. The number of benzene rings is 2. The van der Waals surface area contributed by atoms with Crippen LogP contribution in [0.4, 0.5) is 4.39 Å². The van der Waals surface area contributed by atoms with Gasteiger partial charge in [-0.15, -0.1) is 16.4 Å². The lowest BCUT2D eigenvalue weighted by atomic mass is 9.95. The molecule has 32 heavy (non-hydrogen) atoms. The number of halogens is 1. The Morgan fingerprint density at radius 3 is 2.66 bits per heavy atom. The standard InChI is InChI=1S/C25H22FN3O2S/c26-19-12-10-17(11-13-19)15-27-28-25-29(20-7-2-1-3-8-20)22(16-32-25)21-14-18-6-4-5-9-23(18)31-24(21)30/h4-6,9-16,20H,1-3,7-8H2/b27-15+,28-25+. The molecule has 1 fully saturated rings. The summed E-state index contributed by atoms with van der Waals surface area (Å²) in [7, 11) is 0. The summed E-state index contributed by atoms with van der Waals surface area (Å²) in [5.74, 6) is -0.286. The van der Waals surface area contributed by atoms with Gasteiger partial charge in [-0.05, 0) is 42.7 Å². The monoisotopic (exact) mass is 447 g/mol. The highest BCUT2D eigenvalue weighted by molar-refractivity contribution is 7.07. The second-order valence-electron chi connectivity index (χ2n) is 7.95. The highest BCUT2D eigenvalue weighted by Gasteiger charge is 2.22. The van der Waals surface area contributed by atoms with Gasteiger partial charge in [0.15, 0.2) is 0 Å². The average molecular weight is 448 g/mol. The molecule has 0 spiro atoms. The summed E-state index contributed by atoms with van der Waals surface area (Å²) in [5, 5.41) is 11.5. The Morgan fingerprint density at radius 2 is 1.84 bits per heavy atom.